The highest BCUT2D eigenvalue weighted by atomic mass is 35.5. The highest BCUT2D eigenvalue weighted by molar-refractivity contribution is 5.85. The van der Waals surface area contributed by atoms with Gasteiger partial charge >= 0.3 is 0 Å². The fourth-order valence-corrected chi connectivity index (χ4v) is 2.08. The van der Waals surface area contributed by atoms with E-state index in [-0.39, 0.29) is 12.4 Å². The van der Waals surface area contributed by atoms with Crippen molar-refractivity contribution in [2.75, 3.05) is 26.8 Å². The molecule has 0 amide bonds. The third kappa shape index (κ3) is 6.11. The highest BCUT2D eigenvalue weighted by Gasteiger charge is 2.12. The lowest BCUT2D eigenvalue weighted by molar-refractivity contribution is 0.199. The molecule has 0 aliphatic carbocycles. The van der Waals surface area contributed by atoms with E-state index in [4.69, 9.17) is 15.0 Å². The highest BCUT2D eigenvalue weighted by Crippen LogP contribution is 2.08. The van der Waals surface area contributed by atoms with Crippen molar-refractivity contribution in [2.45, 2.75) is 19.5 Å². The molecule has 0 atom stereocenters. The maximum Gasteiger partial charge on any atom is 0.240 e. The second kappa shape index (κ2) is 10.3. The van der Waals surface area contributed by atoms with Crippen molar-refractivity contribution in [3.05, 3.63) is 47.6 Å². The fourth-order valence-electron chi connectivity index (χ4n) is 2.08. The molecule has 122 valence electrons. The van der Waals surface area contributed by atoms with Gasteiger partial charge in [0.2, 0.25) is 5.89 Å². The maximum atomic E-state index is 5.68. The maximum absolute atomic E-state index is 5.68. The van der Waals surface area contributed by atoms with Gasteiger partial charge < -0.3 is 15.0 Å². The van der Waals surface area contributed by atoms with Crippen LogP contribution in [-0.4, -0.2) is 41.8 Å². The van der Waals surface area contributed by atoms with Crippen LogP contribution in [0.25, 0.3) is 0 Å². The van der Waals surface area contributed by atoms with Crippen molar-refractivity contribution < 1.29 is 9.26 Å². The lowest BCUT2D eigenvalue weighted by Crippen LogP contribution is -2.28. The number of ether oxygens (including phenoxy) is 1. The van der Waals surface area contributed by atoms with Crippen LogP contribution in [0.4, 0.5) is 0 Å². The Morgan fingerprint density at radius 3 is 2.68 bits per heavy atom. The summed E-state index contributed by atoms with van der Waals surface area (Å²) in [5, 5.41) is 3.95. The summed E-state index contributed by atoms with van der Waals surface area (Å²) in [6.07, 6.45) is 0.662. The summed E-state index contributed by atoms with van der Waals surface area (Å²) >= 11 is 0. The number of halogens is 1. The quantitative estimate of drug-likeness (QED) is 0.755. The average Bonchev–Trinajstić information content (AvgIpc) is 2.94. The van der Waals surface area contributed by atoms with Crippen LogP contribution in [0.3, 0.4) is 0 Å². The molecular formula is C15H23ClN4O2. The zero-order chi connectivity index (χ0) is 14.9. The smallest absolute Gasteiger partial charge is 0.240 e. The van der Waals surface area contributed by atoms with E-state index in [9.17, 15) is 0 Å². The Morgan fingerprint density at radius 1 is 1.23 bits per heavy atom. The van der Waals surface area contributed by atoms with Crippen molar-refractivity contribution in [2.24, 2.45) is 5.73 Å². The van der Waals surface area contributed by atoms with Gasteiger partial charge in [0.25, 0.3) is 0 Å². The SMILES string of the molecule is COCCc1noc(CN(CCN)Cc2ccccc2)n1.Cl. The van der Waals surface area contributed by atoms with E-state index in [1.807, 2.05) is 18.2 Å². The van der Waals surface area contributed by atoms with Gasteiger partial charge in [-0.2, -0.15) is 4.98 Å². The Hall–Kier alpha value is -1.47. The van der Waals surface area contributed by atoms with Gasteiger partial charge in [-0.05, 0) is 5.56 Å². The third-order valence-electron chi connectivity index (χ3n) is 3.09. The predicted molar refractivity (Wildman–Crippen MR) is 86.7 cm³/mol. The zero-order valence-electron chi connectivity index (χ0n) is 12.8. The number of aromatic nitrogens is 2. The molecule has 0 bridgehead atoms. The topological polar surface area (TPSA) is 77.4 Å². The molecule has 2 N–H and O–H groups in total. The summed E-state index contributed by atoms with van der Waals surface area (Å²) in [5.74, 6) is 1.30. The number of hydrogen-bond donors (Lipinski definition) is 1. The normalized spacial score (nSPS) is 10.7. The first-order valence-electron chi connectivity index (χ1n) is 7.08. The third-order valence-corrected chi connectivity index (χ3v) is 3.09. The summed E-state index contributed by atoms with van der Waals surface area (Å²) < 4.78 is 10.3. The number of methoxy groups -OCH3 is 1. The van der Waals surface area contributed by atoms with Gasteiger partial charge in [-0.1, -0.05) is 35.5 Å². The van der Waals surface area contributed by atoms with Gasteiger partial charge in [0, 0.05) is 33.2 Å². The standard InChI is InChI=1S/C15H22N4O2.ClH/c1-20-10-7-14-17-15(21-18-14)12-19(9-8-16)11-13-5-3-2-4-6-13;/h2-6H,7-12,16H2,1H3;1H. The number of rotatable bonds is 9. The van der Waals surface area contributed by atoms with Gasteiger partial charge in [0.15, 0.2) is 5.82 Å². The summed E-state index contributed by atoms with van der Waals surface area (Å²) in [5.41, 5.74) is 6.92. The Balaban J connectivity index is 0.00000242. The number of nitrogens with zero attached hydrogens (tertiary/aromatic N) is 3. The average molecular weight is 327 g/mol. The van der Waals surface area contributed by atoms with Crippen molar-refractivity contribution in [1.29, 1.82) is 0 Å². The lowest BCUT2D eigenvalue weighted by Gasteiger charge is -2.19. The lowest BCUT2D eigenvalue weighted by atomic mass is 10.2. The number of nitrogens with two attached hydrogens (primary N) is 1. The fraction of sp³-hybridized carbons (Fsp3) is 0.467. The minimum atomic E-state index is 0. The van der Waals surface area contributed by atoms with Crippen LogP contribution in [0.2, 0.25) is 0 Å². The van der Waals surface area contributed by atoms with Crippen molar-refractivity contribution in [1.82, 2.24) is 15.0 Å². The molecule has 0 aliphatic rings. The van der Waals surface area contributed by atoms with E-state index < -0.39 is 0 Å². The number of benzene rings is 1. The molecule has 6 nitrogen and oxygen atoms in total. The first kappa shape index (κ1) is 18.6. The van der Waals surface area contributed by atoms with Crippen LogP contribution in [0.1, 0.15) is 17.3 Å². The molecule has 1 aromatic heterocycles. The van der Waals surface area contributed by atoms with Crippen LogP contribution >= 0.6 is 12.4 Å². The van der Waals surface area contributed by atoms with Gasteiger partial charge in [-0.15, -0.1) is 12.4 Å². The molecule has 7 heteroatoms. The van der Waals surface area contributed by atoms with Crippen LogP contribution in [-0.2, 0) is 24.2 Å². The van der Waals surface area contributed by atoms with Crippen LogP contribution in [0.15, 0.2) is 34.9 Å². The Morgan fingerprint density at radius 2 is 2.00 bits per heavy atom. The molecule has 2 rings (SSSR count). The van der Waals surface area contributed by atoms with Gasteiger partial charge in [-0.25, -0.2) is 0 Å². The Labute approximate surface area is 137 Å². The van der Waals surface area contributed by atoms with E-state index in [0.717, 1.165) is 13.1 Å². The van der Waals surface area contributed by atoms with Gasteiger partial charge in [0.1, 0.15) is 0 Å². The van der Waals surface area contributed by atoms with Crippen molar-refractivity contribution in [3.63, 3.8) is 0 Å². The molecule has 0 saturated carbocycles. The molecule has 0 saturated heterocycles. The molecule has 0 spiro atoms. The molecule has 2 aromatic rings. The summed E-state index contributed by atoms with van der Waals surface area (Å²) in [7, 11) is 1.66. The summed E-state index contributed by atoms with van der Waals surface area (Å²) in [6, 6.07) is 10.3. The molecule has 0 radical (unpaired) electrons. The van der Waals surface area contributed by atoms with Crippen molar-refractivity contribution >= 4 is 12.4 Å². The monoisotopic (exact) mass is 326 g/mol. The summed E-state index contributed by atoms with van der Waals surface area (Å²) in [6.45, 7) is 3.39. The first-order valence-corrected chi connectivity index (χ1v) is 7.08. The molecule has 0 aliphatic heterocycles. The van der Waals surface area contributed by atoms with Crippen LogP contribution in [0, 0.1) is 0 Å². The van der Waals surface area contributed by atoms with Gasteiger partial charge in [-0.3, -0.25) is 4.90 Å². The second-order valence-corrected chi connectivity index (χ2v) is 4.83. The second-order valence-electron chi connectivity index (χ2n) is 4.83. The number of hydrogen-bond acceptors (Lipinski definition) is 6. The molecule has 1 heterocycles. The van der Waals surface area contributed by atoms with Crippen LogP contribution < -0.4 is 5.73 Å². The Kier molecular flexibility index (Phi) is 8.69. The molecule has 0 fully saturated rings. The van der Waals surface area contributed by atoms with E-state index in [2.05, 4.69) is 27.2 Å². The summed E-state index contributed by atoms with van der Waals surface area (Å²) in [4.78, 5) is 6.57. The molecular weight excluding hydrogens is 304 g/mol. The Bertz CT molecular complexity index is 521. The first-order chi connectivity index (χ1) is 10.3. The van der Waals surface area contributed by atoms with E-state index >= 15 is 0 Å². The molecule has 1 aromatic carbocycles. The van der Waals surface area contributed by atoms with Crippen molar-refractivity contribution in [3.8, 4) is 0 Å². The van der Waals surface area contributed by atoms with Crippen LogP contribution in [0.5, 0.6) is 0 Å². The van der Waals surface area contributed by atoms with E-state index in [1.54, 1.807) is 7.11 Å². The van der Waals surface area contributed by atoms with Gasteiger partial charge in [0.05, 0.1) is 13.2 Å². The minimum Gasteiger partial charge on any atom is -0.384 e. The largest absolute Gasteiger partial charge is 0.384 e. The molecule has 22 heavy (non-hydrogen) atoms. The van der Waals surface area contributed by atoms with E-state index in [1.165, 1.54) is 5.56 Å². The zero-order valence-corrected chi connectivity index (χ0v) is 13.6. The minimum absolute atomic E-state index is 0. The van der Waals surface area contributed by atoms with E-state index in [0.29, 0.717) is 37.8 Å². The molecule has 0 unspecified atom stereocenters. The predicted octanol–water partition coefficient (Wildman–Crippen LogP) is 1.64.